The minimum absolute atomic E-state index is 0.0581. The second kappa shape index (κ2) is 41.6. The maximum absolute atomic E-state index is 12.6. The van der Waals surface area contributed by atoms with Gasteiger partial charge in [-0.1, -0.05) is 213 Å². The summed E-state index contributed by atoms with van der Waals surface area (Å²) in [5, 5.41) is 0. The van der Waals surface area contributed by atoms with Gasteiger partial charge in [-0.2, -0.15) is 0 Å². The van der Waals surface area contributed by atoms with Crippen molar-refractivity contribution in [3.8, 4) is 0 Å². The second-order valence-electron chi connectivity index (χ2n) is 15.6. The van der Waals surface area contributed by atoms with Gasteiger partial charge in [-0.25, -0.2) is 4.57 Å². The molecule has 0 aromatic rings. The number of phosphoric acid groups is 1. The Balaban J connectivity index is 4.04. The van der Waals surface area contributed by atoms with Crippen molar-refractivity contribution in [1.29, 1.82) is 0 Å². The van der Waals surface area contributed by atoms with Gasteiger partial charge in [-0.05, 0) is 12.8 Å². The Morgan fingerprint density at radius 2 is 0.796 bits per heavy atom. The lowest BCUT2D eigenvalue weighted by molar-refractivity contribution is -0.161. The first kappa shape index (κ1) is 53.0. The predicted molar refractivity (Wildman–Crippen MR) is 225 cm³/mol. The van der Waals surface area contributed by atoms with Gasteiger partial charge in [0, 0.05) is 19.4 Å². The molecule has 0 aromatic carbocycles. The van der Waals surface area contributed by atoms with E-state index in [0.717, 1.165) is 32.1 Å². The van der Waals surface area contributed by atoms with E-state index in [2.05, 4.69) is 13.8 Å². The number of ether oxygens (including phenoxy) is 2. The zero-order chi connectivity index (χ0) is 39.6. The van der Waals surface area contributed by atoms with Crippen LogP contribution in [0.15, 0.2) is 0 Å². The van der Waals surface area contributed by atoms with Gasteiger partial charge in [0.15, 0.2) is 6.10 Å². The first-order valence-corrected chi connectivity index (χ1v) is 24.5. The fourth-order valence-electron chi connectivity index (χ4n) is 6.81. The molecular formula is C44H88NO8P. The van der Waals surface area contributed by atoms with Crippen LogP contribution in [-0.4, -0.2) is 49.3 Å². The standard InChI is InChI=1S/C44H88NO8P/c1-3-5-7-9-11-13-15-17-19-20-21-22-23-25-26-28-30-32-34-36-43(46)50-40-42(41-52-54(48,49)51-39-38-45)53-44(47)37-35-33-31-29-27-24-18-16-14-12-10-8-6-4-2/h42H,3-41,45H2,1-2H3,(H,48,49)/t42-/m0/s1. The molecular weight excluding hydrogens is 701 g/mol. The summed E-state index contributed by atoms with van der Waals surface area (Å²) in [6.07, 6.45) is 41.3. The smallest absolute Gasteiger partial charge is 0.462 e. The number of nitrogens with two attached hydrogens (primary N) is 1. The topological polar surface area (TPSA) is 134 Å². The first-order chi connectivity index (χ1) is 26.3. The number of unbranched alkanes of at least 4 members (excludes halogenated alkanes) is 31. The number of esters is 2. The molecule has 2 atom stereocenters. The van der Waals surface area contributed by atoms with Crippen LogP contribution < -0.4 is 5.73 Å². The van der Waals surface area contributed by atoms with E-state index in [1.165, 1.54) is 173 Å². The van der Waals surface area contributed by atoms with Crippen molar-refractivity contribution in [2.24, 2.45) is 5.73 Å². The van der Waals surface area contributed by atoms with Crippen LogP contribution in [0.25, 0.3) is 0 Å². The minimum Gasteiger partial charge on any atom is -0.462 e. The molecule has 3 N–H and O–H groups in total. The summed E-state index contributed by atoms with van der Waals surface area (Å²) in [5.74, 6) is -0.811. The van der Waals surface area contributed by atoms with Crippen molar-refractivity contribution < 1.29 is 37.6 Å². The third kappa shape index (κ3) is 40.7. The van der Waals surface area contributed by atoms with E-state index in [-0.39, 0.29) is 38.6 Å². The summed E-state index contributed by atoms with van der Waals surface area (Å²) in [6.45, 7) is 3.78. The molecule has 0 bridgehead atoms. The largest absolute Gasteiger partial charge is 0.472 e. The molecule has 0 aliphatic rings. The Morgan fingerprint density at radius 1 is 0.481 bits per heavy atom. The van der Waals surface area contributed by atoms with Crippen LogP contribution in [0.4, 0.5) is 0 Å². The lowest BCUT2D eigenvalue weighted by atomic mass is 10.0. The first-order valence-electron chi connectivity index (χ1n) is 23.0. The number of carbonyl (C=O) groups is 2. The van der Waals surface area contributed by atoms with Crippen LogP contribution in [0.1, 0.15) is 239 Å². The maximum Gasteiger partial charge on any atom is 0.472 e. The number of carbonyl (C=O) groups excluding carboxylic acids is 2. The molecule has 9 nitrogen and oxygen atoms in total. The zero-order valence-electron chi connectivity index (χ0n) is 35.5. The third-order valence-corrected chi connectivity index (χ3v) is 11.2. The zero-order valence-corrected chi connectivity index (χ0v) is 36.4. The van der Waals surface area contributed by atoms with Gasteiger partial charge < -0.3 is 20.1 Å². The van der Waals surface area contributed by atoms with Crippen LogP contribution in [0.3, 0.4) is 0 Å². The van der Waals surface area contributed by atoms with E-state index in [1.54, 1.807) is 0 Å². The third-order valence-electron chi connectivity index (χ3n) is 10.2. The van der Waals surface area contributed by atoms with Crippen LogP contribution in [-0.2, 0) is 32.7 Å². The van der Waals surface area contributed by atoms with E-state index in [9.17, 15) is 19.0 Å². The minimum atomic E-state index is -4.37. The molecule has 0 aliphatic carbocycles. The SMILES string of the molecule is CCCCCCCCCCCCCCCCCCCCCC(=O)OC[C@@H](COP(=O)(O)OCCN)OC(=O)CCCCCCCCCCCCCCCC. The quantitative estimate of drug-likeness (QED) is 0.0351. The highest BCUT2D eigenvalue weighted by Crippen LogP contribution is 2.43. The molecule has 0 aromatic heterocycles. The predicted octanol–water partition coefficient (Wildman–Crippen LogP) is 13.2. The molecule has 54 heavy (non-hydrogen) atoms. The molecule has 0 spiro atoms. The van der Waals surface area contributed by atoms with Crippen molar-refractivity contribution in [1.82, 2.24) is 0 Å². The Kier molecular flexibility index (Phi) is 40.9. The van der Waals surface area contributed by atoms with Gasteiger partial charge in [0.25, 0.3) is 0 Å². The fourth-order valence-corrected chi connectivity index (χ4v) is 7.58. The van der Waals surface area contributed by atoms with E-state index in [4.69, 9.17) is 24.3 Å². The van der Waals surface area contributed by atoms with Crippen molar-refractivity contribution in [3.05, 3.63) is 0 Å². The van der Waals surface area contributed by atoms with E-state index >= 15 is 0 Å². The summed E-state index contributed by atoms with van der Waals surface area (Å²) in [7, 11) is -4.37. The monoisotopic (exact) mass is 790 g/mol. The number of phosphoric ester groups is 1. The second-order valence-corrected chi connectivity index (χ2v) is 17.1. The van der Waals surface area contributed by atoms with Gasteiger partial charge in [0.2, 0.25) is 0 Å². The van der Waals surface area contributed by atoms with Crippen LogP contribution in [0, 0.1) is 0 Å². The molecule has 0 saturated heterocycles. The number of rotatable bonds is 44. The van der Waals surface area contributed by atoms with Crippen molar-refractivity contribution >= 4 is 19.8 Å². The van der Waals surface area contributed by atoms with Crippen molar-refractivity contribution in [3.63, 3.8) is 0 Å². The molecule has 322 valence electrons. The summed E-state index contributed by atoms with van der Waals surface area (Å²) >= 11 is 0. The highest BCUT2D eigenvalue weighted by Gasteiger charge is 2.26. The number of hydrogen-bond acceptors (Lipinski definition) is 8. The normalized spacial score (nSPS) is 13.2. The molecule has 0 aliphatic heterocycles. The van der Waals surface area contributed by atoms with Crippen LogP contribution >= 0.6 is 7.82 Å². The lowest BCUT2D eigenvalue weighted by Gasteiger charge is -2.19. The van der Waals surface area contributed by atoms with E-state index < -0.39 is 26.5 Å². The van der Waals surface area contributed by atoms with Gasteiger partial charge in [-0.3, -0.25) is 18.6 Å². The molecule has 0 amide bonds. The lowest BCUT2D eigenvalue weighted by Crippen LogP contribution is -2.29. The highest BCUT2D eigenvalue weighted by molar-refractivity contribution is 7.47. The summed E-state index contributed by atoms with van der Waals surface area (Å²) < 4.78 is 32.8. The van der Waals surface area contributed by atoms with Gasteiger partial charge >= 0.3 is 19.8 Å². The molecule has 0 radical (unpaired) electrons. The van der Waals surface area contributed by atoms with E-state index in [0.29, 0.717) is 6.42 Å². The van der Waals surface area contributed by atoms with Crippen LogP contribution in [0.5, 0.6) is 0 Å². The highest BCUT2D eigenvalue weighted by atomic mass is 31.2. The average molecular weight is 790 g/mol. The molecule has 0 saturated carbocycles. The van der Waals surface area contributed by atoms with Crippen molar-refractivity contribution in [2.75, 3.05) is 26.4 Å². The summed E-state index contributed by atoms with van der Waals surface area (Å²) in [4.78, 5) is 34.9. The fraction of sp³-hybridized carbons (Fsp3) is 0.955. The summed E-state index contributed by atoms with van der Waals surface area (Å²) in [5.41, 5.74) is 5.35. The Morgan fingerprint density at radius 3 is 1.13 bits per heavy atom. The average Bonchev–Trinajstić information content (AvgIpc) is 3.16. The molecule has 1 unspecified atom stereocenters. The van der Waals surface area contributed by atoms with Gasteiger partial charge in [0.05, 0.1) is 13.2 Å². The Labute approximate surface area is 333 Å². The van der Waals surface area contributed by atoms with Gasteiger partial charge in [0.1, 0.15) is 6.61 Å². The molecule has 0 fully saturated rings. The van der Waals surface area contributed by atoms with Gasteiger partial charge in [-0.15, -0.1) is 0 Å². The summed E-state index contributed by atoms with van der Waals surface area (Å²) in [6, 6.07) is 0. The molecule has 0 rings (SSSR count). The maximum atomic E-state index is 12.6. The Bertz CT molecular complexity index is 860. The van der Waals surface area contributed by atoms with E-state index in [1.807, 2.05) is 0 Å². The number of hydrogen-bond donors (Lipinski definition) is 2. The molecule has 0 heterocycles. The molecule has 10 heteroatoms. The van der Waals surface area contributed by atoms with Crippen LogP contribution in [0.2, 0.25) is 0 Å². The van der Waals surface area contributed by atoms with Crippen molar-refractivity contribution in [2.45, 2.75) is 245 Å². The Hall–Kier alpha value is -0.990.